The Morgan fingerprint density at radius 1 is 1.00 bits per heavy atom. The molecule has 2 heteroatoms. The largest absolute Gasteiger partial charge is 0.309 e. The fraction of sp³-hybridized carbons (Fsp3) is 0.600. The van der Waals surface area contributed by atoms with Crippen LogP contribution in [0.2, 0.25) is 0 Å². The van der Waals surface area contributed by atoms with E-state index in [0.29, 0.717) is 5.41 Å². The van der Waals surface area contributed by atoms with E-state index in [0.717, 1.165) is 0 Å². The SMILES string of the molecule is CN(C)CC1(c2ccccc2)CCCCC1.Cl. The Bertz CT molecular complexity index is 315. The fourth-order valence-electron chi connectivity index (χ4n) is 3.16. The molecule has 17 heavy (non-hydrogen) atoms. The van der Waals surface area contributed by atoms with Gasteiger partial charge in [0.1, 0.15) is 0 Å². The van der Waals surface area contributed by atoms with Gasteiger partial charge in [-0.15, -0.1) is 12.4 Å². The molecular formula is C15H24ClN. The summed E-state index contributed by atoms with van der Waals surface area (Å²) in [5.74, 6) is 0. The van der Waals surface area contributed by atoms with Crippen LogP contribution in [0.1, 0.15) is 37.7 Å². The minimum Gasteiger partial charge on any atom is -0.309 e. The molecule has 1 fully saturated rings. The fourth-order valence-corrected chi connectivity index (χ4v) is 3.16. The number of benzene rings is 1. The molecule has 0 bridgehead atoms. The van der Waals surface area contributed by atoms with Gasteiger partial charge in [0.25, 0.3) is 0 Å². The van der Waals surface area contributed by atoms with Crippen LogP contribution in [0.5, 0.6) is 0 Å². The van der Waals surface area contributed by atoms with E-state index < -0.39 is 0 Å². The van der Waals surface area contributed by atoms with Gasteiger partial charge in [0.05, 0.1) is 0 Å². The summed E-state index contributed by atoms with van der Waals surface area (Å²) >= 11 is 0. The van der Waals surface area contributed by atoms with E-state index in [4.69, 9.17) is 0 Å². The lowest BCUT2D eigenvalue weighted by Crippen LogP contribution is -2.39. The van der Waals surface area contributed by atoms with Crippen molar-refractivity contribution >= 4 is 12.4 Å². The highest BCUT2D eigenvalue weighted by Gasteiger charge is 2.33. The summed E-state index contributed by atoms with van der Waals surface area (Å²) in [6.07, 6.45) is 6.91. The van der Waals surface area contributed by atoms with E-state index in [1.54, 1.807) is 5.56 Å². The van der Waals surface area contributed by atoms with Crippen LogP contribution in [-0.4, -0.2) is 25.5 Å². The first-order chi connectivity index (χ1) is 7.73. The number of hydrogen-bond acceptors (Lipinski definition) is 1. The molecule has 1 aliphatic rings. The van der Waals surface area contributed by atoms with Gasteiger partial charge in [0.15, 0.2) is 0 Å². The molecule has 2 rings (SSSR count). The summed E-state index contributed by atoms with van der Waals surface area (Å²) in [4.78, 5) is 2.35. The third kappa shape index (κ3) is 3.46. The molecule has 0 aliphatic heterocycles. The monoisotopic (exact) mass is 253 g/mol. The normalized spacial score (nSPS) is 18.8. The van der Waals surface area contributed by atoms with Gasteiger partial charge in [0, 0.05) is 12.0 Å². The molecule has 1 aromatic rings. The number of likely N-dealkylation sites (N-methyl/N-ethyl adjacent to an activating group) is 1. The van der Waals surface area contributed by atoms with Crippen LogP contribution in [0.25, 0.3) is 0 Å². The van der Waals surface area contributed by atoms with Crippen molar-refractivity contribution in [2.45, 2.75) is 37.5 Å². The zero-order valence-corrected chi connectivity index (χ0v) is 11.8. The minimum absolute atomic E-state index is 0. The van der Waals surface area contributed by atoms with Gasteiger partial charge in [-0.1, -0.05) is 49.6 Å². The molecule has 0 saturated heterocycles. The molecule has 0 unspecified atom stereocenters. The number of halogens is 1. The maximum absolute atomic E-state index is 2.35. The van der Waals surface area contributed by atoms with Crippen molar-refractivity contribution in [3.05, 3.63) is 35.9 Å². The molecule has 0 spiro atoms. The predicted octanol–water partition coefficient (Wildman–Crippen LogP) is 3.87. The molecule has 0 N–H and O–H groups in total. The first-order valence-electron chi connectivity index (χ1n) is 6.43. The molecule has 1 aromatic carbocycles. The van der Waals surface area contributed by atoms with Crippen LogP contribution < -0.4 is 0 Å². The first-order valence-corrected chi connectivity index (χ1v) is 6.43. The van der Waals surface area contributed by atoms with Crippen LogP contribution in [0.15, 0.2) is 30.3 Å². The molecule has 0 aromatic heterocycles. The molecule has 96 valence electrons. The van der Waals surface area contributed by atoms with E-state index in [-0.39, 0.29) is 12.4 Å². The topological polar surface area (TPSA) is 3.24 Å². The van der Waals surface area contributed by atoms with Crippen molar-refractivity contribution in [3.63, 3.8) is 0 Å². The molecular weight excluding hydrogens is 230 g/mol. The molecule has 0 heterocycles. The van der Waals surface area contributed by atoms with Crippen molar-refractivity contribution in [3.8, 4) is 0 Å². The Morgan fingerprint density at radius 2 is 1.59 bits per heavy atom. The van der Waals surface area contributed by atoms with Crippen LogP contribution in [0.3, 0.4) is 0 Å². The van der Waals surface area contributed by atoms with Crippen molar-refractivity contribution in [1.29, 1.82) is 0 Å². The van der Waals surface area contributed by atoms with Crippen LogP contribution >= 0.6 is 12.4 Å². The molecule has 0 atom stereocenters. The average Bonchev–Trinajstić information content (AvgIpc) is 2.30. The van der Waals surface area contributed by atoms with Gasteiger partial charge in [-0.3, -0.25) is 0 Å². The van der Waals surface area contributed by atoms with Crippen molar-refractivity contribution in [2.75, 3.05) is 20.6 Å². The van der Waals surface area contributed by atoms with E-state index in [1.807, 2.05) is 0 Å². The Hall–Kier alpha value is -0.530. The smallest absolute Gasteiger partial charge is 0.00800 e. The second-order valence-corrected chi connectivity index (χ2v) is 5.44. The summed E-state index contributed by atoms with van der Waals surface area (Å²) < 4.78 is 0. The second kappa shape index (κ2) is 6.42. The predicted molar refractivity (Wildman–Crippen MR) is 77.0 cm³/mol. The van der Waals surface area contributed by atoms with Crippen LogP contribution in [-0.2, 0) is 5.41 Å². The van der Waals surface area contributed by atoms with Crippen molar-refractivity contribution in [2.24, 2.45) is 0 Å². The quantitative estimate of drug-likeness (QED) is 0.791. The summed E-state index contributed by atoms with van der Waals surface area (Å²) in [6, 6.07) is 11.1. The highest BCUT2D eigenvalue weighted by atomic mass is 35.5. The summed E-state index contributed by atoms with van der Waals surface area (Å²) in [5.41, 5.74) is 1.96. The summed E-state index contributed by atoms with van der Waals surface area (Å²) in [6.45, 7) is 1.19. The second-order valence-electron chi connectivity index (χ2n) is 5.44. The molecule has 0 radical (unpaired) electrons. The third-order valence-corrected chi connectivity index (χ3v) is 3.82. The highest BCUT2D eigenvalue weighted by molar-refractivity contribution is 5.85. The molecule has 1 aliphatic carbocycles. The van der Waals surface area contributed by atoms with Gasteiger partial charge in [-0.25, -0.2) is 0 Å². The summed E-state index contributed by atoms with van der Waals surface area (Å²) in [7, 11) is 4.39. The van der Waals surface area contributed by atoms with Gasteiger partial charge in [-0.05, 0) is 32.5 Å². The average molecular weight is 254 g/mol. The Labute approximate surface area is 112 Å². The maximum atomic E-state index is 2.35. The Balaban J connectivity index is 0.00000144. The van der Waals surface area contributed by atoms with E-state index in [1.165, 1.54) is 38.6 Å². The molecule has 0 amide bonds. The lowest BCUT2D eigenvalue weighted by Gasteiger charge is -2.40. The third-order valence-electron chi connectivity index (χ3n) is 3.82. The Kier molecular flexibility index (Phi) is 5.48. The van der Waals surface area contributed by atoms with E-state index >= 15 is 0 Å². The van der Waals surface area contributed by atoms with Crippen molar-refractivity contribution in [1.82, 2.24) is 4.90 Å². The highest BCUT2D eigenvalue weighted by Crippen LogP contribution is 2.39. The molecule has 1 saturated carbocycles. The minimum atomic E-state index is 0. The van der Waals surface area contributed by atoms with Crippen LogP contribution in [0.4, 0.5) is 0 Å². The van der Waals surface area contributed by atoms with Gasteiger partial charge in [0.2, 0.25) is 0 Å². The molecule has 1 nitrogen and oxygen atoms in total. The zero-order chi connectivity index (χ0) is 11.4. The van der Waals surface area contributed by atoms with Gasteiger partial charge < -0.3 is 4.90 Å². The number of nitrogens with zero attached hydrogens (tertiary/aromatic N) is 1. The maximum Gasteiger partial charge on any atom is 0.00800 e. The lowest BCUT2D eigenvalue weighted by atomic mass is 9.69. The van der Waals surface area contributed by atoms with Gasteiger partial charge in [-0.2, -0.15) is 0 Å². The van der Waals surface area contributed by atoms with Gasteiger partial charge >= 0.3 is 0 Å². The van der Waals surface area contributed by atoms with Crippen molar-refractivity contribution < 1.29 is 0 Å². The van der Waals surface area contributed by atoms with E-state index in [9.17, 15) is 0 Å². The standard InChI is InChI=1S/C15H23N.ClH/c1-16(2)13-15(11-7-4-8-12-15)14-9-5-3-6-10-14;/h3,5-6,9-10H,4,7-8,11-13H2,1-2H3;1H. The van der Waals surface area contributed by atoms with Crippen LogP contribution in [0, 0.1) is 0 Å². The summed E-state index contributed by atoms with van der Waals surface area (Å²) in [5, 5.41) is 0. The first kappa shape index (κ1) is 14.5. The zero-order valence-electron chi connectivity index (χ0n) is 11.0. The van der Waals surface area contributed by atoms with E-state index in [2.05, 4.69) is 49.3 Å². The number of rotatable bonds is 3. The number of hydrogen-bond donors (Lipinski definition) is 0. The Morgan fingerprint density at radius 3 is 2.12 bits per heavy atom. The lowest BCUT2D eigenvalue weighted by molar-refractivity contribution is 0.216.